The van der Waals surface area contributed by atoms with E-state index in [0.717, 1.165) is 19.5 Å². The maximum absolute atomic E-state index is 8.66. The molecule has 1 fully saturated rings. The van der Waals surface area contributed by atoms with Gasteiger partial charge in [-0.2, -0.15) is 10.2 Å². The maximum atomic E-state index is 8.66. The molecule has 0 atom stereocenters. The fourth-order valence-electron chi connectivity index (χ4n) is 1.29. The zero-order chi connectivity index (χ0) is 8.81. The summed E-state index contributed by atoms with van der Waals surface area (Å²) < 4.78 is 0. The molecule has 1 heterocycles. The van der Waals surface area contributed by atoms with Gasteiger partial charge in [-0.3, -0.25) is 5.84 Å². The summed E-state index contributed by atoms with van der Waals surface area (Å²) in [5, 5.41) is 12.1. The maximum Gasteiger partial charge on any atom is 0.0587 e. The largest absolute Gasteiger partial charge is 0.395 e. The summed E-state index contributed by atoms with van der Waals surface area (Å²) in [4.78, 5) is 0. The van der Waals surface area contributed by atoms with Crippen LogP contribution in [0.15, 0.2) is 0 Å². The Morgan fingerprint density at radius 3 is 3.00 bits per heavy atom. The minimum absolute atomic E-state index is 0.0919. The van der Waals surface area contributed by atoms with Crippen molar-refractivity contribution >= 4 is 0 Å². The number of aliphatic hydroxyl groups is 1. The minimum atomic E-state index is 0.0919. The molecular weight excluding hydrogens is 156 g/mol. The predicted molar refractivity (Wildman–Crippen MR) is 46.5 cm³/mol. The summed E-state index contributed by atoms with van der Waals surface area (Å²) in [5.74, 6) is 5.67. The summed E-state index contributed by atoms with van der Waals surface area (Å²) in [7, 11) is 0. The second-order valence-corrected chi connectivity index (χ2v) is 2.98. The van der Waals surface area contributed by atoms with E-state index in [0.29, 0.717) is 6.54 Å². The van der Waals surface area contributed by atoms with Gasteiger partial charge in [0.15, 0.2) is 0 Å². The van der Waals surface area contributed by atoms with E-state index in [1.165, 1.54) is 18.0 Å². The molecule has 1 saturated heterocycles. The molecule has 0 bridgehead atoms. The van der Waals surface area contributed by atoms with Gasteiger partial charge in [-0.05, 0) is 12.8 Å². The van der Waals surface area contributed by atoms with E-state index in [4.69, 9.17) is 10.9 Å². The van der Waals surface area contributed by atoms with Crippen molar-refractivity contribution < 1.29 is 5.11 Å². The quantitative estimate of drug-likeness (QED) is 0.381. The molecule has 0 radical (unpaired) electrons. The third-order valence-corrected chi connectivity index (χ3v) is 1.98. The number of hydrazine groups is 3. The molecule has 0 saturated carbocycles. The van der Waals surface area contributed by atoms with Gasteiger partial charge in [0.25, 0.3) is 0 Å². The van der Waals surface area contributed by atoms with E-state index in [1.54, 1.807) is 0 Å². The lowest BCUT2D eigenvalue weighted by molar-refractivity contribution is -0.0752. The SMILES string of the molecule is NN(CCO)N1CCCCCN1. The van der Waals surface area contributed by atoms with Crippen molar-refractivity contribution in [1.82, 2.24) is 15.7 Å². The molecule has 0 amide bonds. The first kappa shape index (κ1) is 9.88. The lowest BCUT2D eigenvalue weighted by Gasteiger charge is -2.29. The first-order chi connectivity index (χ1) is 5.84. The zero-order valence-corrected chi connectivity index (χ0v) is 7.37. The highest BCUT2D eigenvalue weighted by molar-refractivity contribution is 4.55. The van der Waals surface area contributed by atoms with E-state index in [-0.39, 0.29) is 6.61 Å². The molecule has 1 rings (SSSR count). The van der Waals surface area contributed by atoms with Gasteiger partial charge in [-0.15, -0.1) is 0 Å². The summed E-state index contributed by atoms with van der Waals surface area (Å²) in [6.45, 7) is 2.47. The fraction of sp³-hybridized carbons (Fsp3) is 1.00. The molecule has 5 heteroatoms. The number of aliphatic hydroxyl groups excluding tert-OH is 1. The standard InChI is InChI=1S/C7H18N4O/c8-10(6-7-12)11-5-3-1-2-4-9-11/h9,12H,1-8H2. The van der Waals surface area contributed by atoms with E-state index in [2.05, 4.69) is 5.43 Å². The molecule has 5 nitrogen and oxygen atoms in total. The number of hydrogen-bond acceptors (Lipinski definition) is 5. The molecule has 1 aliphatic heterocycles. The van der Waals surface area contributed by atoms with Gasteiger partial charge in [0.2, 0.25) is 0 Å². The van der Waals surface area contributed by atoms with Gasteiger partial charge >= 0.3 is 0 Å². The summed E-state index contributed by atoms with van der Waals surface area (Å²) in [6, 6.07) is 0. The van der Waals surface area contributed by atoms with Crippen molar-refractivity contribution in [2.24, 2.45) is 5.84 Å². The third-order valence-electron chi connectivity index (χ3n) is 1.98. The molecule has 72 valence electrons. The van der Waals surface area contributed by atoms with Crippen LogP contribution in [0.3, 0.4) is 0 Å². The van der Waals surface area contributed by atoms with Gasteiger partial charge in [0.05, 0.1) is 13.2 Å². The second kappa shape index (κ2) is 5.45. The van der Waals surface area contributed by atoms with E-state index in [9.17, 15) is 0 Å². The van der Waals surface area contributed by atoms with Crippen LogP contribution in [0.4, 0.5) is 0 Å². The molecule has 0 aromatic carbocycles. The van der Waals surface area contributed by atoms with Gasteiger partial charge in [0, 0.05) is 13.1 Å². The highest BCUT2D eigenvalue weighted by Crippen LogP contribution is 2.02. The Morgan fingerprint density at radius 1 is 1.42 bits per heavy atom. The van der Waals surface area contributed by atoms with Gasteiger partial charge in [0.1, 0.15) is 0 Å². The molecule has 0 aromatic rings. The minimum Gasteiger partial charge on any atom is -0.395 e. The summed E-state index contributed by atoms with van der Waals surface area (Å²) in [5.41, 5.74) is 3.19. The lowest BCUT2D eigenvalue weighted by atomic mass is 10.2. The van der Waals surface area contributed by atoms with Crippen LogP contribution in [0.1, 0.15) is 19.3 Å². The van der Waals surface area contributed by atoms with Crippen LogP contribution >= 0.6 is 0 Å². The Labute approximate surface area is 73.0 Å². The van der Waals surface area contributed by atoms with Crippen LogP contribution in [-0.4, -0.2) is 41.6 Å². The van der Waals surface area contributed by atoms with Crippen molar-refractivity contribution in [3.05, 3.63) is 0 Å². The Morgan fingerprint density at radius 2 is 2.25 bits per heavy atom. The average Bonchev–Trinajstić information content (AvgIpc) is 2.32. The van der Waals surface area contributed by atoms with E-state index in [1.807, 2.05) is 5.12 Å². The van der Waals surface area contributed by atoms with Crippen LogP contribution < -0.4 is 11.3 Å². The molecule has 0 aliphatic carbocycles. The molecule has 1 aliphatic rings. The number of hydrogen-bond donors (Lipinski definition) is 3. The summed E-state index contributed by atoms with van der Waals surface area (Å²) >= 11 is 0. The Bertz CT molecular complexity index is 114. The number of nitrogens with zero attached hydrogens (tertiary/aromatic N) is 2. The monoisotopic (exact) mass is 174 g/mol. The smallest absolute Gasteiger partial charge is 0.0587 e. The molecule has 12 heavy (non-hydrogen) atoms. The van der Waals surface area contributed by atoms with Crippen LogP contribution in [0, 0.1) is 0 Å². The predicted octanol–water partition coefficient (Wildman–Crippen LogP) is -0.940. The molecular formula is C7H18N4O. The van der Waals surface area contributed by atoms with Crippen LogP contribution in [0.25, 0.3) is 0 Å². The molecule has 0 aromatic heterocycles. The van der Waals surface area contributed by atoms with Gasteiger partial charge < -0.3 is 5.11 Å². The first-order valence-corrected chi connectivity index (χ1v) is 4.48. The lowest BCUT2D eigenvalue weighted by Crippen LogP contribution is -2.55. The van der Waals surface area contributed by atoms with Crippen LogP contribution in [0.2, 0.25) is 0 Å². The van der Waals surface area contributed by atoms with Crippen LogP contribution in [0.5, 0.6) is 0 Å². The number of nitrogens with two attached hydrogens (primary N) is 1. The highest BCUT2D eigenvalue weighted by atomic mass is 16.3. The Hall–Kier alpha value is -0.200. The van der Waals surface area contributed by atoms with Crippen molar-refractivity contribution in [3.63, 3.8) is 0 Å². The number of rotatable bonds is 3. The fourth-order valence-corrected chi connectivity index (χ4v) is 1.29. The molecule has 0 spiro atoms. The van der Waals surface area contributed by atoms with Crippen LogP contribution in [-0.2, 0) is 0 Å². The normalized spacial score (nSPS) is 21.2. The van der Waals surface area contributed by atoms with Crippen molar-refractivity contribution in [2.75, 3.05) is 26.2 Å². The molecule has 4 N–H and O–H groups in total. The van der Waals surface area contributed by atoms with Crippen molar-refractivity contribution in [1.29, 1.82) is 0 Å². The van der Waals surface area contributed by atoms with Gasteiger partial charge in [-0.1, -0.05) is 6.42 Å². The molecule has 0 unspecified atom stereocenters. The third kappa shape index (κ3) is 3.04. The van der Waals surface area contributed by atoms with Crippen molar-refractivity contribution in [3.8, 4) is 0 Å². The number of nitrogens with one attached hydrogen (secondary N) is 1. The highest BCUT2D eigenvalue weighted by Gasteiger charge is 2.12. The second-order valence-electron chi connectivity index (χ2n) is 2.98. The Balaban J connectivity index is 2.27. The van der Waals surface area contributed by atoms with Gasteiger partial charge in [-0.25, -0.2) is 5.43 Å². The zero-order valence-electron chi connectivity index (χ0n) is 7.37. The van der Waals surface area contributed by atoms with Crippen molar-refractivity contribution in [2.45, 2.75) is 19.3 Å². The summed E-state index contributed by atoms with van der Waals surface area (Å²) in [6.07, 6.45) is 3.60. The average molecular weight is 174 g/mol. The van der Waals surface area contributed by atoms with E-state index < -0.39 is 0 Å². The van der Waals surface area contributed by atoms with E-state index >= 15 is 0 Å². The topological polar surface area (TPSA) is 64.8 Å². The first-order valence-electron chi connectivity index (χ1n) is 4.48. The Kier molecular flexibility index (Phi) is 4.49.